The van der Waals surface area contributed by atoms with E-state index in [1.807, 2.05) is 12.1 Å². The van der Waals surface area contributed by atoms with Gasteiger partial charge in [-0.1, -0.05) is 78.1 Å². The van der Waals surface area contributed by atoms with Crippen LogP contribution in [0, 0.1) is 0 Å². The number of nitrogens with one attached hydrogen (secondary N) is 2. The first-order chi connectivity index (χ1) is 22.4. The summed E-state index contributed by atoms with van der Waals surface area (Å²) in [7, 11) is 0. The minimum Gasteiger partial charge on any atom is -0.507 e. The van der Waals surface area contributed by atoms with Gasteiger partial charge < -0.3 is 30.3 Å². The molecular weight excluding hydrogens is 580 g/mol. The maximum absolute atomic E-state index is 13.3. The van der Waals surface area contributed by atoms with Crippen molar-refractivity contribution in [3.8, 4) is 23.0 Å². The second kappa shape index (κ2) is 17.9. The highest BCUT2D eigenvalue weighted by atomic mass is 16.5. The summed E-state index contributed by atoms with van der Waals surface area (Å²) in [5, 5.41) is 27.8. The third-order valence-corrected chi connectivity index (χ3v) is 8.07. The summed E-state index contributed by atoms with van der Waals surface area (Å²) >= 11 is 0. The van der Waals surface area contributed by atoms with E-state index in [4.69, 9.17) is 9.47 Å². The van der Waals surface area contributed by atoms with E-state index in [2.05, 4.69) is 24.5 Å². The van der Waals surface area contributed by atoms with Gasteiger partial charge >= 0.3 is 0 Å². The number of carbonyl (C=O) groups is 2. The fourth-order valence-electron chi connectivity index (χ4n) is 5.44. The summed E-state index contributed by atoms with van der Waals surface area (Å²) in [5.74, 6) is -0.537. The number of phenolic OH excluding ortho intramolecular Hbond substituents is 2. The second-order valence-electron chi connectivity index (χ2n) is 11.8. The van der Waals surface area contributed by atoms with E-state index in [0.29, 0.717) is 24.6 Å². The number of fused-ring (bicyclic) bond motifs is 1. The molecule has 8 nitrogen and oxygen atoms in total. The number of Topliss-reactive ketones (excluding diaryl/α,β-unsaturated/α-hetero) is 1. The minimum absolute atomic E-state index is 0.00482. The zero-order valence-corrected chi connectivity index (χ0v) is 27.2. The minimum atomic E-state index is -0.593. The molecular formula is C38H48N2O6. The molecule has 0 radical (unpaired) electrons. The molecule has 0 saturated carbocycles. The number of allylic oxidation sites excluding steroid dienone is 2. The number of carbonyl (C=O) groups excluding carboxylic acids is 2. The lowest BCUT2D eigenvalue weighted by Gasteiger charge is -2.21. The maximum atomic E-state index is 13.3. The van der Waals surface area contributed by atoms with Crippen molar-refractivity contribution >= 4 is 28.6 Å². The molecule has 0 heterocycles. The molecule has 3 aromatic rings. The highest BCUT2D eigenvalue weighted by Crippen LogP contribution is 2.41. The molecule has 246 valence electrons. The van der Waals surface area contributed by atoms with Crippen LogP contribution in [0.15, 0.2) is 66.4 Å². The average Bonchev–Trinajstić information content (AvgIpc) is 3.05. The Bertz CT molecular complexity index is 1460. The van der Waals surface area contributed by atoms with E-state index in [1.54, 1.807) is 36.4 Å². The van der Waals surface area contributed by atoms with Gasteiger partial charge in [-0.3, -0.25) is 9.59 Å². The van der Waals surface area contributed by atoms with Crippen LogP contribution < -0.4 is 20.1 Å². The molecule has 1 aliphatic rings. The topological polar surface area (TPSA) is 117 Å². The Hall–Kier alpha value is -4.46. The number of rotatable bonds is 20. The van der Waals surface area contributed by atoms with Gasteiger partial charge in [0.25, 0.3) is 0 Å². The lowest BCUT2D eigenvalue weighted by Crippen LogP contribution is -2.22. The number of hydrogen-bond donors (Lipinski definition) is 4. The lowest BCUT2D eigenvalue weighted by atomic mass is 9.90. The first-order valence-electron chi connectivity index (χ1n) is 16.8. The van der Waals surface area contributed by atoms with Gasteiger partial charge in [-0.25, -0.2) is 0 Å². The molecule has 8 heteroatoms. The van der Waals surface area contributed by atoms with E-state index in [1.165, 1.54) is 57.4 Å². The van der Waals surface area contributed by atoms with Gasteiger partial charge in [0.15, 0.2) is 11.5 Å². The first-order valence-corrected chi connectivity index (χ1v) is 16.8. The average molecular weight is 629 g/mol. The van der Waals surface area contributed by atoms with E-state index >= 15 is 0 Å². The number of anilines is 3. The number of ketones is 2. The highest BCUT2D eigenvalue weighted by Gasteiger charge is 2.33. The Kier molecular flexibility index (Phi) is 13.4. The number of phenols is 2. The van der Waals surface area contributed by atoms with Gasteiger partial charge in [0, 0.05) is 23.5 Å². The van der Waals surface area contributed by atoms with E-state index in [9.17, 15) is 19.8 Å². The van der Waals surface area contributed by atoms with E-state index in [0.717, 1.165) is 43.3 Å². The molecule has 4 N–H and O–H groups in total. The molecule has 0 unspecified atom stereocenters. The summed E-state index contributed by atoms with van der Waals surface area (Å²) in [4.78, 5) is 26.5. The molecule has 0 saturated heterocycles. The predicted molar refractivity (Wildman–Crippen MR) is 184 cm³/mol. The molecule has 3 aromatic carbocycles. The summed E-state index contributed by atoms with van der Waals surface area (Å²) in [6.45, 7) is 5.71. The normalized spacial score (nSPS) is 12.4. The van der Waals surface area contributed by atoms with Crippen molar-refractivity contribution in [1.82, 2.24) is 0 Å². The Morgan fingerprint density at radius 2 is 1.09 bits per heavy atom. The lowest BCUT2D eigenvalue weighted by molar-refractivity contribution is 0.0980. The molecule has 0 amide bonds. The summed E-state index contributed by atoms with van der Waals surface area (Å²) in [6.07, 6.45) is 15.4. The number of ether oxygens (including phenoxy) is 2. The zero-order chi connectivity index (χ0) is 32.7. The number of unbranched alkanes of at least 4 members (excludes halogenated alkanes) is 10. The van der Waals surface area contributed by atoms with Gasteiger partial charge in [-0.2, -0.15) is 0 Å². The van der Waals surface area contributed by atoms with Gasteiger partial charge in [-0.05, 0) is 61.4 Å². The van der Waals surface area contributed by atoms with Gasteiger partial charge in [0.2, 0.25) is 5.78 Å². The number of hydrogen-bond acceptors (Lipinski definition) is 8. The number of benzene rings is 3. The van der Waals surface area contributed by atoms with Crippen LogP contribution in [0.3, 0.4) is 0 Å². The van der Waals surface area contributed by atoms with E-state index in [-0.39, 0.29) is 22.5 Å². The molecule has 0 bridgehead atoms. The first kappa shape index (κ1) is 34.4. The largest absolute Gasteiger partial charge is 0.507 e. The van der Waals surface area contributed by atoms with Crippen molar-refractivity contribution in [2.75, 3.05) is 23.8 Å². The van der Waals surface area contributed by atoms with E-state index < -0.39 is 23.1 Å². The van der Waals surface area contributed by atoms with Gasteiger partial charge in [0.1, 0.15) is 17.2 Å². The zero-order valence-electron chi connectivity index (χ0n) is 27.2. The van der Waals surface area contributed by atoms with Crippen molar-refractivity contribution < 1.29 is 29.3 Å². The molecule has 1 aliphatic carbocycles. The second-order valence-corrected chi connectivity index (χ2v) is 11.8. The van der Waals surface area contributed by atoms with Crippen LogP contribution in [0.2, 0.25) is 0 Å². The fourth-order valence-corrected chi connectivity index (χ4v) is 5.44. The standard InChI is InChI=1S/C38H48N2O6/c1-3-5-7-9-11-13-23-45-29-19-15-27(16-20-29)39-31-25-33(41)36-35(37(31)43)34(42)26-32(38(36)44)40-28-17-21-30(22-18-28)46-24-14-12-10-8-6-4-2/h15-22,25-26,39-41,43H,3-14,23-24H2,1-2H3. The fraction of sp³-hybridized carbons (Fsp3) is 0.421. The Balaban J connectivity index is 1.33. The van der Waals surface area contributed by atoms with Crippen molar-refractivity contribution in [2.45, 2.75) is 90.9 Å². The third kappa shape index (κ3) is 9.77. The Morgan fingerprint density at radius 3 is 1.61 bits per heavy atom. The van der Waals surface area contributed by atoms with Crippen molar-refractivity contribution in [1.29, 1.82) is 0 Å². The third-order valence-electron chi connectivity index (χ3n) is 8.07. The van der Waals surface area contributed by atoms with Crippen LogP contribution >= 0.6 is 0 Å². The maximum Gasteiger partial charge on any atom is 0.213 e. The smallest absolute Gasteiger partial charge is 0.213 e. The molecule has 0 aromatic heterocycles. The quantitative estimate of drug-likeness (QED) is 0.0555. The molecule has 0 atom stereocenters. The van der Waals surface area contributed by atoms with Crippen LogP contribution in [0.4, 0.5) is 17.1 Å². The van der Waals surface area contributed by atoms with Gasteiger partial charge in [0.05, 0.1) is 35.7 Å². The van der Waals surface area contributed by atoms with Crippen LogP contribution in [0.5, 0.6) is 23.0 Å². The SMILES string of the molecule is CCCCCCCCOc1ccc(NC2=CC(=O)c3c(O)c(Nc4ccc(OCCCCCCCC)cc4)cc(O)c3C2=O)cc1. The highest BCUT2D eigenvalue weighted by molar-refractivity contribution is 6.28. The van der Waals surface area contributed by atoms with Crippen LogP contribution in [0.25, 0.3) is 0 Å². The summed E-state index contributed by atoms with van der Waals surface area (Å²) in [6, 6.07) is 15.6. The van der Waals surface area contributed by atoms with Crippen LogP contribution in [-0.2, 0) is 0 Å². The number of aromatic hydroxyl groups is 2. The van der Waals surface area contributed by atoms with Crippen molar-refractivity contribution in [2.24, 2.45) is 0 Å². The summed E-state index contributed by atoms with van der Waals surface area (Å²) < 4.78 is 11.7. The Labute approximate surface area is 272 Å². The molecule has 0 fully saturated rings. The van der Waals surface area contributed by atoms with Crippen LogP contribution in [-0.4, -0.2) is 35.0 Å². The van der Waals surface area contributed by atoms with Crippen LogP contribution in [0.1, 0.15) is 112 Å². The van der Waals surface area contributed by atoms with Crippen molar-refractivity contribution in [3.05, 3.63) is 77.5 Å². The molecule has 0 spiro atoms. The molecule has 4 rings (SSSR count). The monoisotopic (exact) mass is 628 g/mol. The molecule has 0 aliphatic heterocycles. The predicted octanol–water partition coefficient (Wildman–Crippen LogP) is 9.69. The van der Waals surface area contributed by atoms with Gasteiger partial charge in [-0.15, -0.1) is 0 Å². The van der Waals surface area contributed by atoms with Crippen molar-refractivity contribution in [3.63, 3.8) is 0 Å². The molecule has 46 heavy (non-hydrogen) atoms. The Morgan fingerprint density at radius 1 is 0.609 bits per heavy atom. The summed E-state index contributed by atoms with van der Waals surface area (Å²) in [5.41, 5.74) is 0.841.